The van der Waals surface area contributed by atoms with Crippen molar-refractivity contribution in [2.75, 3.05) is 18.4 Å². The standard InChI is InChI=1S/C17H19N5O5/c1-10(23)21-12-5-3-11(4-6-12)14(24)18-7-8-19-15(25)13-9-20-17(27)22(2)16(13)26/h3-6,9H,7-8H2,1-2H3,(H,18,24)(H,19,25)(H,20,27)(H,21,23). The molecule has 0 fully saturated rings. The predicted octanol–water partition coefficient (Wildman–Crippen LogP) is -0.808. The van der Waals surface area contributed by atoms with Crippen LogP contribution in [0.3, 0.4) is 0 Å². The average molecular weight is 373 g/mol. The zero-order valence-electron chi connectivity index (χ0n) is 14.8. The molecule has 3 amide bonds. The summed E-state index contributed by atoms with van der Waals surface area (Å²) in [6.07, 6.45) is 1.05. The molecule has 0 aliphatic heterocycles. The van der Waals surface area contributed by atoms with Gasteiger partial charge in [0.25, 0.3) is 17.4 Å². The third kappa shape index (κ3) is 5.14. The Bertz CT molecular complexity index is 974. The Kier molecular flexibility index (Phi) is 6.26. The zero-order chi connectivity index (χ0) is 20.0. The Hall–Kier alpha value is -3.69. The maximum atomic E-state index is 12.0. The largest absolute Gasteiger partial charge is 0.350 e. The second-order valence-electron chi connectivity index (χ2n) is 5.64. The molecule has 0 radical (unpaired) electrons. The molecule has 0 saturated carbocycles. The lowest BCUT2D eigenvalue weighted by atomic mass is 10.2. The van der Waals surface area contributed by atoms with Crippen LogP contribution < -0.4 is 27.2 Å². The summed E-state index contributed by atoms with van der Waals surface area (Å²) >= 11 is 0. The number of carbonyl (C=O) groups excluding carboxylic acids is 3. The maximum Gasteiger partial charge on any atom is 0.328 e. The number of anilines is 1. The number of nitrogens with one attached hydrogen (secondary N) is 4. The normalized spacial score (nSPS) is 10.1. The van der Waals surface area contributed by atoms with E-state index in [2.05, 4.69) is 20.9 Å². The van der Waals surface area contributed by atoms with Gasteiger partial charge in [0.05, 0.1) is 0 Å². The number of aromatic amines is 1. The first-order valence-electron chi connectivity index (χ1n) is 8.02. The summed E-state index contributed by atoms with van der Waals surface area (Å²) in [5.74, 6) is -1.21. The van der Waals surface area contributed by atoms with E-state index >= 15 is 0 Å². The average Bonchev–Trinajstić information content (AvgIpc) is 2.63. The summed E-state index contributed by atoms with van der Waals surface area (Å²) < 4.78 is 0.793. The Morgan fingerprint density at radius 3 is 2.19 bits per heavy atom. The third-order valence-corrected chi connectivity index (χ3v) is 3.59. The molecule has 10 nitrogen and oxygen atoms in total. The van der Waals surface area contributed by atoms with Crippen molar-refractivity contribution in [3.8, 4) is 0 Å². The van der Waals surface area contributed by atoms with Gasteiger partial charge in [0.1, 0.15) is 5.56 Å². The Labute approximate surface area is 153 Å². The highest BCUT2D eigenvalue weighted by molar-refractivity contribution is 5.96. The molecule has 1 heterocycles. The molecule has 142 valence electrons. The zero-order valence-corrected chi connectivity index (χ0v) is 14.8. The van der Waals surface area contributed by atoms with E-state index in [-0.39, 0.29) is 30.5 Å². The van der Waals surface area contributed by atoms with Gasteiger partial charge in [-0.25, -0.2) is 4.79 Å². The summed E-state index contributed by atoms with van der Waals surface area (Å²) in [6, 6.07) is 6.32. The summed E-state index contributed by atoms with van der Waals surface area (Å²) in [4.78, 5) is 60.3. The van der Waals surface area contributed by atoms with E-state index in [0.717, 1.165) is 10.8 Å². The lowest BCUT2D eigenvalue weighted by molar-refractivity contribution is -0.114. The van der Waals surface area contributed by atoms with Gasteiger partial charge in [-0.2, -0.15) is 0 Å². The molecule has 2 rings (SSSR count). The van der Waals surface area contributed by atoms with Crippen LogP contribution in [0.25, 0.3) is 0 Å². The predicted molar refractivity (Wildman–Crippen MR) is 97.7 cm³/mol. The number of hydrogen-bond donors (Lipinski definition) is 4. The van der Waals surface area contributed by atoms with Gasteiger partial charge in [-0.05, 0) is 24.3 Å². The van der Waals surface area contributed by atoms with Crippen molar-refractivity contribution in [3.63, 3.8) is 0 Å². The van der Waals surface area contributed by atoms with E-state index in [1.807, 2.05) is 0 Å². The van der Waals surface area contributed by atoms with Crippen molar-refractivity contribution < 1.29 is 14.4 Å². The SMILES string of the molecule is CC(=O)Nc1ccc(C(=O)NCCNC(=O)c2c[nH]c(=O)n(C)c2=O)cc1. The van der Waals surface area contributed by atoms with Crippen molar-refractivity contribution in [2.24, 2.45) is 7.05 Å². The van der Waals surface area contributed by atoms with Gasteiger partial charge in [-0.3, -0.25) is 23.7 Å². The fraction of sp³-hybridized carbons (Fsp3) is 0.235. The van der Waals surface area contributed by atoms with E-state index < -0.39 is 17.2 Å². The minimum absolute atomic E-state index is 0.0941. The first-order chi connectivity index (χ1) is 12.8. The van der Waals surface area contributed by atoms with Gasteiger partial charge in [-0.15, -0.1) is 0 Å². The Balaban J connectivity index is 1.84. The van der Waals surface area contributed by atoms with Crippen molar-refractivity contribution in [2.45, 2.75) is 6.92 Å². The van der Waals surface area contributed by atoms with Gasteiger partial charge in [0, 0.05) is 44.5 Å². The fourth-order valence-corrected chi connectivity index (χ4v) is 2.19. The monoisotopic (exact) mass is 373 g/mol. The lowest BCUT2D eigenvalue weighted by Crippen LogP contribution is -2.41. The molecule has 0 saturated heterocycles. The molecule has 4 N–H and O–H groups in total. The highest BCUT2D eigenvalue weighted by atomic mass is 16.2. The Morgan fingerprint density at radius 1 is 1.00 bits per heavy atom. The molecule has 1 aromatic carbocycles. The molecule has 0 atom stereocenters. The van der Waals surface area contributed by atoms with Crippen molar-refractivity contribution >= 4 is 23.4 Å². The van der Waals surface area contributed by atoms with E-state index in [9.17, 15) is 24.0 Å². The molecule has 0 spiro atoms. The van der Waals surface area contributed by atoms with Crippen LogP contribution in [0.1, 0.15) is 27.6 Å². The molecule has 0 unspecified atom stereocenters. The number of carbonyl (C=O) groups is 3. The number of hydrogen-bond acceptors (Lipinski definition) is 5. The first kappa shape index (κ1) is 19.6. The van der Waals surface area contributed by atoms with Crippen molar-refractivity contribution in [3.05, 3.63) is 62.4 Å². The molecule has 0 bridgehead atoms. The second-order valence-corrected chi connectivity index (χ2v) is 5.64. The van der Waals surface area contributed by atoms with Crippen molar-refractivity contribution in [1.29, 1.82) is 0 Å². The van der Waals surface area contributed by atoms with Crippen LogP contribution in [-0.4, -0.2) is 40.4 Å². The summed E-state index contributed by atoms with van der Waals surface area (Å²) in [5.41, 5.74) is -0.552. The van der Waals surface area contributed by atoms with Crippen molar-refractivity contribution in [1.82, 2.24) is 20.2 Å². The van der Waals surface area contributed by atoms with Crippen LogP contribution in [-0.2, 0) is 11.8 Å². The molecule has 0 aliphatic carbocycles. The van der Waals surface area contributed by atoms with Crippen LogP contribution in [0.2, 0.25) is 0 Å². The second kappa shape index (κ2) is 8.61. The van der Waals surface area contributed by atoms with Crippen LogP contribution >= 0.6 is 0 Å². The fourth-order valence-electron chi connectivity index (χ4n) is 2.19. The topological polar surface area (TPSA) is 142 Å². The summed E-state index contributed by atoms with van der Waals surface area (Å²) in [5, 5.41) is 7.70. The van der Waals surface area contributed by atoms with Crippen LogP contribution in [0.5, 0.6) is 0 Å². The summed E-state index contributed by atoms with van der Waals surface area (Å²) in [7, 11) is 1.26. The van der Waals surface area contributed by atoms with E-state index in [1.165, 1.54) is 14.0 Å². The molecule has 0 aliphatic rings. The van der Waals surface area contributed by atoms with Gasteiger partial charge in [-0.1, -0.05) is 0 Å². The van der Waals surface area contributed by atoms with Crippen LogP contribution in [0.4, 0.5) is 5.69 Å². The van der Waals surface area contributed by atoms with Crippen LogP contribution in [0.15, 0.2) is 40.1 Å². The van der Waals surface area contributed by atoms with E-state index in [4.69, 9.17) is 0 Å². The van der Waals surface area contributed by atoms with Crippen LogP contribution in [0, 0.1) is 0 Å². The van der Waals surface area contributed by atoms with Gasteiger partial charge >= 0.3 is 5.69 Å². The Morgan fingerprint density at radius 2 is 1.59 bits per heavy atom. The van der Waals surface area contributed by atoms with Gasteiger partial charge in [0.15, 0.2) is 0 Å². The van der Waals surface area contributed by atoms with E-state index in [1.54, 1.807) is 24.3 Å². The molecular formula is C17H19N5O5. The molecule has 27 heavy (non-hydrogen) atoms. The number of amides is 3. The summed E-state index contributed by atoms with van der Waals surface area (Å²) in [6.45, 7) is 1.62. The first-order valence-corrected chi connectivity index (χ1v) is 8.02. The molecule has 1 aromatic heterocycles. The quantitative estimate of drug-likeness (QED) is 0.490. The highest BCUT2D eigenvalue weighted by Gasteiger charge is 2.12. The smallest absolute Gasteiger partial charge is 0.328 e. The number of aromatic nitrogens is 2. The number of H-pyrrole nitrogens is 1. The molecular weight excluding hydrogens is 354 g/mol. The highest BCUT2D eigenvalue weighted by Crippen LogP contribution is 2.09. The van der Waals surface area contributed by atoms with E-state index in [0.29, 0.717) is 11.3 Å². The molecule has 10 heteroatoms. The molecule has 2 aromatic rings. The minimum Gasteiger partial charge on any atom is -0.350 e. The lowest BCUT2D eigenvalue weighted by Gasteiger charge is -2.08. The number of benzene rings is 1. The minimum atomic E-state index is -0.709. The van der Waals surface area contributed by atoms with Gasteiger partial charge < -0.3 is 20.9 Å². The maximum absolute atomic E-state index is 12.0. The van der Waals surface area contributed by atoms with Gasteiger partial charge in [0.2, 0.25) is 5.91 Å². The third-order valence-electron chi connectivity index (χ3n) is 3.59. The number of nitrogens with zero attached hydrogens (tertiary/aromatic N) is 1. The number of rotatable bonds is 6.